The molecular formula is C13H12Cl2N2. The largest absolute Gasteiger partial charge is 0.399 e. The van der Waals surface area contributed by atoms with Crippen LogP contribution in [0.4, 0.5) is 11.4 Å². The third-order valence-corrected chi connectivity index (χ3v) is 2.80. The van der Waals surface area contributed by atoms with Gasteiger partial charge in [-0.25, -0.2) is 0 Å². The lowest BCUT2D eigenvalue weighted by atomic mass is 10.0. The van der Waals surface area contributed by atoms with Crippen molar-refractivity contribution in [3.8, 4) is 0 Å². The minimum absolute atomic E-state index is 0.634. The Morgan fingerprint density at radius 2 is 1.12 bits per heavy atom. The van der Waals surface area contributed by atoms with E-state index >= 15 is 0 Å². The summed E-state index contributed by atoms with van der Waals surface area (Å²) in [5, 5.41) is 1.27. The molecule has 0 fully saturated rings. The number of halogens is 2. The molecule has 0 aliphatic heterocycles. The molecule has 0 saturated heterocycles. The van der Waals surface area contributed by atoms with E-state index in [-0.39, 0.29) is 0 Å². The van der Waals surface area contributed by atoms with Crippen molar-refractivity contribution in [2.45, 2.75) is 6.42 Å². The Balaban J connectivity index is 2.31. The molecule has 2 aromatic rings. The van der Waals surface area contributed by atoms with E-state index in [0.29, 0.717) is 27.8 Å². The lowest BCUT2D eigenvalue weighted by molar-refractivity contribution is 1.20. The van der Waals surface area contributed by atoms with Crippen molar-refractivity contribution in [1.29, 1.82) is 0 Å². The predicted octanol–water partition coefficient (Wildman–Crippen LogP) is 3.75. The maximum atomic E-state index is 5.95. The van der Waals surface area contributed by atoms with Gasteiger partial charge in [0.25, 0.3) is 0 Å². The van der Waals surface area contributed by atoms with Gasteiger partial charge in [-0.2, -0.15) is 0 Å². The van der Waals surface area contributed by atoms with E-state index in [9.17, 15) is 0 Å². The quantitative estimate of drug-likeness (QED) is 0.814. The standard InChI is InChI=1S/C13H12Cl2N2/c14-10-2-8(4-12(16)6-10)1-9-3-11(15)7-13(17)5-9/h2-7H,1,16-17H2. The topological polar surface area (TPSA) is 52.0 Å². The molecule has 4 heteroatoms. The molecule has 0 spiro atoms. The molecule has 0 aliphatic carbocycles. The van der Waals surface area contributed by atoms with Gasteiger partial charge in [0.1, 0.15) is 0 Å². The van der Waals surface area contributed by atoms with Gasteiger partial charge in [-0.1, -0.05) is 23.2 Å². The van der Waals surface area contributed by atoms with E-state index in [2.05, 4.69) is 0 Å². The molecule has 88 valence electrons. The van der Waals surface area contributed by atoms with Crippen LogP contribution in [0.15, 0.2) is 36.4 Å². The van der Waals surface area contributed by atoms with Gasteiger partial charge in [-0.15, -0.1) is 0 Å². The number of rotatable bonds is 2. The van der Waals surface area contributed by atoms with Gasteiger partial charge in [0.15, 0.2) is 0 Å². The Morgan fingerprint density at radius 3 is 1.47 bits per heavy atom. The van der Waals surface area contributed by atoms with Crippen molar-refractivity contribution in [2.75, 3.05) is 11.5 Å². The molecule has 0 aliphatic rings. The molecule has 0 unspecified atom stereocenters. The van der Waals surface area contributed by atoms with E-state index in [1.807, 2.05) is 24.3 Å². The van der Waals surface area contributed by atoms with Crippen LogP contribution < -0.4 is 11.5 Å². The van der Waals surface area contributed by atoms with Crippen molar-refractivity contribution in [2.24, 2.45) is 0 Å². The highest BCUT2D eigenvalue weighted by Crippen LogP contribution is 2.22. The van der Waals surface area contributed by atoms with E-state index < -0.39 is 0 Å². The molecule has 0 aromatic heterocycles. The number of hydrogen-bond donors (Lipinski definition) is 2. The molecule has 2 nitrogen and oxygen atoms in total. The highest BCUT2D eigenvalue weighted by atomic mass is 35.5. The minimum Gasteiger partial charge on any atom is -0.399 e. The van der Waals surface area contributed by atoms with Crippen LogP contribution in [-0.2, 0) is 6.42 Å². The number of anilines is 2. The van der Waals surface area contributed by atoms with Crippen LogP contribution in [0.3, 0.4) is 0 Å². The summed E-state index contributed by atoms with van der Waals surface area (Å²) in [7, 11) is 0. The van der Waals surface area contributed by atoms with Gasteiger partial charge in [0, 0.05) is 21.4 Å². The Hall–Kier alpha value is -1.38. The third-order valence-electron chi connectivity index (χ3n) is 2.37. The molecular weight excluding hydrogens is 255 g/mol. The van der Waals surface area contributed by atoms with Crippen molar-refractivity contribution in [3.63, 3.8) is 0 Å². The fourth-order valence-corrected chi connectivity index (χ4v) is 2.32. The number of nitrogens with two attached hydrogens (primary N) is 2. The highest BCUT2D eigenvalue weighted by Gasteiger charge is 2.02. The minimum atomic E-state index is 0.634. The maximum Gasteiger partial charge on any atom is 0.0429 e. The van der Waals surface area contributed by atoms with Gasteiger partial charge >= 0.3 is 0 Å². The Labute approximate surface area is 110 Å². The zero-order chi connectivity index (χ0) is 12.4. The number of hydrogen-bond acceptors (Lipinski definition) is 2. The predicted molar refractivity (Wildman–Crippen MR) is 74.5 cm³/mol. The van der Waals surface area contributed by atoms with E-state index in [1.54, 1.807) is 12.1 Å². The number of nitrogen functional groups attached to an aromatic ring is 2. The molecule has 2 rings (SSSR count). The smallest absolute Gasteiger partial charge is 0.0429 e. The molecule has 0 amide bonds. The van der Waals surface area contributed by atoms with Crippen molar-refractivity contribution >= 4 is 34.6 Å². The van der Waals surface area contributed by atoms with Crippen molar-refractivity contribution < 1.29 is 0 Å². The lowest BCUT2D eigenvalue weighted by Crippen LogP contribution is -1.93. The fourth-order valence-electron chi connectivity index (χ4n) is 1.79. The first-order valence-corrected chi connectivity index (χ1v) is 5.88. The summed E-state index contributed by atoms with van der Waals surface area (Å²) in [6.07, 6.45) is 0.704. The van der Waals surface area contributed by atoms with E-state index in [0.717, 1.165) is 11.1 Å². The Bertz CT molecular complexity index is 463. The van der Waals surface area contributed by atoms with Crippen LogP contribution >= 0.6 is 23.2 Å². The molecule has 0 saturated carbocycles. The van der Waals surface area contributed by atoms with E-state index in [1.165, 1.54) is 0 Å². The highest BCUT2D eigenvalue weighted by molar-refractivity contribution is 6.31. The van der Waals surface area contributed by atoms with E-state index in [4.69, 9.17) is 34.7 Å². The normalized spacial score (nSPS) is 10.5. The second kappa shape index (κ2) is 4.86. The average molecular weight is 267 g/mol. The van der Waals surface area contributed by atoms with Gasteiger partial charge in [0.2, 0.25) is 0 Å². The molecule has 0 bridgehead atoms. The third kappa shape index (κ3) is 3.29. The van der Waals surface area contributed by atoms with Crippen LogP contribution in [0.2, 0.25) is 10.0 Å². The SMILES string of the molecule is Nc1cc(Cl)cc(Cc2cc(N)cc(Cl)c2)c1. The van der Waals surface area contributed by atoms with Crippen LogP contribution in [0, 0.1) is 0 Å². The molecule has 0 radical (unpaired) electrons. The van der Waals surface area contributed by atoms with Gasteiger partial charge < -0.3 is 11.5 Å². The van der Waals surface area contributed by atoms with Crippen LogP contribution in [0.1, 0.15) is 11.1 Å². The summed E-state index contributed by atoms with van der Waals surface area (Å²) in [6.45, 7) is 0. The van der Waals surface area contributed by atoms with Crippen molar-refractivity contribution in [3.05, 3.63) is 57.6 Å². The first kappa shape index (κ1) is 12.1. The summed E-state index contributed by atoms with van der Waals surface area (Å²) < 4.78 is 0. The molecule has 0 atom stereocenters. The average Bonchev–Trinajstić information content (AvgIpc) is 2.13. The summed E-state index contributed by atoms with van der Waals surface area (Å²) in [6, 6.07) is 11.0. The fraction of sp³-hybridized carbons (Fsp3) is 0.0769. The number of benzene rings is 2. The zero-order valence-electron chi connectivity index (χ0n) is 9.08. The van der Waals surface area contributed by atoms with Gasteiger partial charge in [-0.3, -0.25) is 0 Å². The van der Waals surface area contributed by atoms with Crippen molar-refractivity contribution in [1.82, 2.24) is 0 Å². The van der Waals surface area contributed by atoms with Crippen LogP contribution in [-0.4, -0.2) is 0 Å². The second-order valence-electron chi connectivity index (χ2n) is 3.96. The van der Waals surface area contributed by atoms with Crippen LogP contribution in [0.5, 0.6) is 0 Å². The monoisotopic (exact) mass is 266 g/mol. The summed E-state index contributed by atoms with van der Waals surface area (Å²) in [4.78, 5) is 0. The summed E-state index contributed by atoms with van der Waals surface area (Å²) in [5.74, 6) is 0. The first-order chi connectivity index (χ1) is 8.02. The first-order valence-electron chi connectivity index (χ1n) is 5.13. The Kier molecular flexibility index (Phi) is 3.46. The molecule has 2 aromatic carbocycles. The zero-order valence-corrected chi connectivity index (χ0v) is 10.6. The Morgan fingerprint density at radius 1 is 0.706 bits per heavy atom. The molecule has 17 heavy (non-hydrogen) atoms. The molecule has 4 N–H and O–H groups in total. The van der Waals surface area contributed by atoms with Gasteiger partial charge in [-0.05, 0) is 53.9 Å². The lowest BCUT2D eigenvalue weighted by Gasteiger charge is -2.06. The van der Waals surface area contributed by atoms with Crippen LogP contribution in [0.25, 0.3) is 0 Å². The summed E-state index contributed by atoms with van der Waals surface area (Å²) >= 11 is 11.9. The second-order valence-corrected chi connectivity index (χ2v) is 4.84. The van der Waals surface area contributed by atoms with Gasteiger partial charge in [0.05, 0.1) is 0 Å². The maximum absolute atomic E-state index is 5.95. The molecule has 0 heterocycles. The summed E-state index contributed by atoms with van der Waals surface area (Å²) in [5.41, 5.74) is 14.9.